The third-order valence-electron chi connectivity index (χ3n) is 4.81. The molecule has 1 aromatic carbocycles. The molecule has 0 spiro atoms. The highest BCUT2D eigenvalue weighted by Crippen LogP contribution is 2.39. The second-order valence-corrected chi connectivity index (χ2v) is 6.91. The fourth-order valence-electron chi connectivity index (χ4n) is 3.06. The van der Waals surface area contributed by atoms with Crippen LogP contribution in [0.5, 0.6) is 11.5 Å². The molecule has 1 saturated heterocycles. The second-order valence-electron chi connectivity index (χ2n) is 6.91. The summed E-state index contributed by atoms with van der Waals surface area (Å²) in [5, 5.41) is 2.73. The minimum absolute atomic E-state index is 0.283. The molecule has 0 radical (unpaired) electrons. The van der Waals surface area contributed by atoms with Crippen LogP contribution in [0.4, 0.5) is 10.3 Å². The molecular weight excluding hydrogens is 335 g/mol. The molecule has 1 atom stereocenters. The van der Waals surface area contributed by atoms with Crippen LogP contribution in [0, 0.1) is 5.92 Å². The molecule has 136 valence electrons. The molecule has 1 amide bonds. The lowest BCUT2D eigenvalue weighted by molar-refractivity contribution is -0.127. The van der Waals surface area contributed by atoms with Crippen molar-refractivity contribution in [3.8, 4) is 11.5 Å². The van der Waals surface area contributed by atoms with Crippen LogP contribution < -0.4 is 15.0 Å². The zero-order valence-electron chi connectivity index (χ0n) is 14.4. The smallest absolute Gasteiger partial charge is 0.257 e. The van der Waals surface area contributed by atoms with Crippen molar-refractivity contribution in [3.63, 3.8) is 0 Å². The molecular formula is C19H21FN4O2. The maximum Gasteiger partial charge on any atom is 0.257 e. The second kappa shape index (κ2) is 6.90. The molecule has 7 heteroatoms. The molecule has 0 bridgehead atoms. The lowest BCUT2D eigenvalue weighted by Crippen LogP contribution is -2.37. The molecule has 1 aliphatic heterocycles. The van der Waals surface area contributed by atoms with E-state index in [1.54, 1.807) is 12.4 Å². The molecule has 26 heavy (non-hydrogen) atoms. The Kier molecular flexibility index (Phi) is 4.44. The Morgan fingerprint density at radius 3 is 2.65 bits per heavy atom. The number of hydrogen-bond donors (Lipinski definition) is 1. The number of nitrogens with one attached hydrogen (secondary N) is 1. The van der Waals surface area contributed by atoms with Crippen LogP contribution in [0.2, 0.25) is 0 Å². The van der Waals surface area contributed by atoms with Crippen LogP contribution in [0.15, 0.2) is 42.7 Å². The third-order valence-corrected chi connectivity index (χ3v) is 4.81. The number of carbonyl (C=O) groups excluding carboxylic acids is 1. The molecule has 1 N–H and O–H groups in total. The van der Waals surface area contributed by atoms with Gasteiger partial charge in [-0.2, -0.15) is 0 Å². The summed E-state index contributed by atoms with van der Waals surface area (Å²) in [6.07, 6.45) is 4.93. The molecule has 2 fully saturated rings. The van der Waals surface area contributed by atoms with Gasteiger partial charge in [0, 0.05) is 19.6 Å². The maximum absolute atomic E-state index is 13.6. The van der Waals surface area contributed by atoms with Gasteiger partial charge in [-0.3, -0.25) is 4.79 Å². The average Bonchev–Trinajstić information content (AvgIpc) is 3.25. The van der Waals surface area contributed by atoms with Crippen molar-refractivity contribution < 1.29 is 13.9 Å². The van der Waals surface area contributed by atoms with E-state index in [0.29, 0.717) is 31.1 Å². The van der Waals surface area contributed by atoms with E-state index in [1.165, 1.54) is 0 Å². The fraction of sp³-hybridized carbons (Fsp3) is 0.421. The molecule has 1 unspecified atom stereocenters. The Labute approximate surface area is 151 Å². The summed E-state index contributed by atoms with van der Waals surface area (Å²) in [5.41, 5.74) is -1.60. The van der Waals surface area contributed by atoms with Gasteiger partial charge in [0.2, 0.25) is 5.95 Å². The highest BCUT2D eigenvalue weighted by atomic mass is 19.1. The summed E-state index contributed by atoms with van der Waals surface area (Å²) >= 11 is 0. The average molecular weight is 356 g/mol. The predicted octanol–water partition coefficient (Wildman–Crippen LogP) is 2.71. The Morgan fingerprint density at radius 1 is 1.23 bits per heavy atom. The van der Waals surface area contributed by atoms with E-state index in [-0.39, 0.29) is 5.92 Å². The maximum atomic E-state index is 13.6. The van der Waals surface area contributed by atoms with Gasteiger partial charge >= 0.3 is 0 Å². The lowest BCUT2D eigenvalue weighted by Gasteiger charge is -2.17. The van der Waals surface area contributed by atoms with E-state index >= 15 is 0 Å². The van der Waals surface area contributed by atoms with Gasteiger partial charge in [-0.15, -0.1) is 0 Å². The molecule has 2 aliphatic rings. The summed E-state index contributed by atoms with van der Waals surface area (Å²) in [4.78, 5) is 22.5. The van der Waals surface area contributed by atoms with Crippen molar-refractivity contribution in [2.75, 3.05) is 24.5 Å². The van der Waals surface area contributed by atoms with Crippen molar-refractivity contribution in [3.05, 3.63) is 42.7 Å². The minimum Gasteiger partial charge on any atom is -0.454 e. The molecule has 2 aromatic rings. The van der Waals surface area contributed by atoms with Gasteiger partial charge in [-0.05, 0) is 37.3 Å². The number of benzene rings is 1. The molecule has 1 aromatic heterocycles. The number of hydrogen-bond acceptors (Lipinski definition) is 5. The predicted molar refractivity (Wildman–Crippen MR) is 95.0 cm³/mol. The minimum atomic E-state index is -1.60. The van der Waals surface area contributed by atoms with Gasteiger partial charge in [0.25, 0.3) is 5.91 Å². The normalized spacial score (nSPS) is 20.7. The molecule has 6 nitrogen and oxygen atoms in total. The molecule has 4 rings (SSSR count). The van der Waals surface area contributed by atoms with Crippen molar-refractivity contribution in [2.24, 2.45) is 5.92 Å². The van der Waals surface area contributed by atoms with Crippen LogP contribution in [-0.2, 0) is 4.79 Å². The van der Waals surface area contributed by atoms with Crippen LogP contribution in [0.3, 0.4) is 0 Å². The van der Waals surface area contributed by atoms with E-state index in [9.17, 15) is 9.18 Å². The van der Waals surface area contributed by atoms with Crippen molar-refractivity contribution in [1.29, 1.82) is 0 Å². The largest absolute Gasteiger partial charge is 0.454 e. The number of anilines is 1. The van der Waals surface area contributed by atoms with Gasteiger partial charge in [0.05, 0.1) is 12.4 Å². The number of para-hydroxylation sites is 1. The molecule has 1 saturated carbocycles. The Hall–Kier alpha value is -2.70. The van der Waals surface area contributed by atoms with Crippen molar-refractivity contribution in [2.45, 2.75) is 24.9 Å². The van der Waals surface area contributed by atoms with E-state index in [2.05, 4.69) is 20.2 Å². The Balaban J connectivity index is 1.29. The molecule has 1 aliphatic carbocycles. The standard InChI is InChI=1S/C19H21FN4O2/c20-19(7-8-19)17(25)21-10-14-6-9-24(13-14)18-22-11-16(12-23-18)26-15-4-2-1-3-5-15/h1-5,11-12,14H,6-10,13H2,(H,21,25). The number of alkyl halides is 1. The SMILES string of the molecule is O=C(NCC1CCN(c2ncc(Oc3ccccc3)cn2)C1)C1(F)CC1. The first kappa shape index (κ1) is 16.8. The van der Waals surface area contributed by atoms with E-state index in [0.717, 1.165) is 25.3 Å². The third kappa shape index (κ3) is 3.76. The number of carbonyl (C=O) groups is 1. The van der Waals surface area contributed by atoms with Crippen LogP contribution in [0.1, 0.15) is 19.3 Å². The topological polar surface area (TPSA) is 67.4 Å². The quantitative estimate of drug-likeness (QED) is 0.862. The number of ether oxygens (including phenoxy) is 1. The number of amides is 1. The first-order chi connectivity index (χ1) is 12.6. The summed E-state index contributed by atoms with van der Waals surface area (Å²) in [6, 6.07) is 9.48. The monoisotopic (exact) mass is 356 g/mol. The fourth-order valence-corrected chi connectivity index (χ4v) is 3.06. The Morgan fingerprint density at radius 2 is 1.96 bits per heavy atom. The number of halogens is 1. The Bertz CT molecular complexity index is 765. The summed E-state index contributed by atoms with van der Waals surface area (Å²) in [6.45, 7) is 2.06. The van der Waals surface area contributed by atoms with Gasteiger partial charge in [0.15, 0.2) is 11.4 Å². The van der Waals surface area contributed by atoms with Crippen LogP contribution >= 0.6 is 0 Å². The summed E-state index contributed by atoms with van der Waals surface area (Å²) in [7, 11) is 0. The zero-order chi connectivity index (χ0) is 18.0. The zero-order valence-corrected chi connectivity index (χ0v) is 14.4. The lowest BCUT2D eigenvalue weighted by atomic mass is 10.1. The van der Waals surface area contributed by atoms with Gasteiger partial charge in [0.1, 0.15) is 5.75 Å². The number of nitrogens with zero attached hydrogens (tertiary/aromatic N) is 3. The number of aromatic nitrogens is 2. The van der Waals surface area contributed by atoms with E-state index in [1.807, 2.05) is 30.3 Å². The van der Waals surface area contributed by atoms with Gasteiger partial charge < -0.3 is 15.0 Å². The highest BCUT2D eigenvalue weighted by Gasteiger charge is 2.50. The van der Waals surface area contributed by atoms with Gasteiger partial charge in [-0.1, -0.05) is 18.2 Å². The first-order valence-corrected chi connectivity index (χ1v) is 8.89. The summed E-state index contributed by atoms with van der Waals surface area (Å²) in [5.74, 6) is 1.78. The summed E-state index contributed by atoms with van der Waals surface area (Å²) < 4.78 is 19.3. The van der Waals surface area contributed by atoms with Crippen molar-refractivity contribution >= 4 is 11.9 Å². The van der Waals surface area contributed by atoms with E-state index < -0.39 is 11.6 Å². The van der Waals surface area contributed by atoms with E-state index in [4.69, 9.17) is 4.74 Å². The van der Waals surface area contributed by atoms with Crippen molar-refractivity contribution in [1.82, 2.24) is 15.3 Å². The number of rotatable bonds is 6. The van der Waals surface area contributed by atoms with Crippen LogP contribution in [-0.4, -0.2) is 41.2 Å². The first-order valence-electron chi connectivity index (χ1n) is 8.89. The highest BCUT2D eigenvalue weighted by molar-refractivity contribution is 5.87. The molecule has 2 heterocycles. The van der Waals surface area contributed by atoms with Gasteiger partial charge in [-0.25, -0.2) is 14.4 Å². The van der Waals surface area contributed by atoms with Crippen LogP contribution in [0.25, 0.3) is 0 Å².